The molecule has 164 valence electrons. The Hall–Kier alpha value is -1.23. The molecule has 0 fully saturated rings. The number of rotatable bonds is 10. The van der Waals surface area contributed by atoms with Gasteiger partial charge >= 0.3 is 60.7 Å². The summed E-state index contributed by atoms with van der Waals surface area (Å²) in [7, 11) is -10.8. The molecule has 0 saturated heterocycles. The summed E-state index contributed by atoms with van der Waals surface area (Å²) in [5.74, 6) is -8.70. The summed E-state index contributed by atoms with van der Waals surface area (Å²) in [6.45, 7) is -4.22. The Morgan fingerprint density at radius 3 is 0.931 bits per heavy atom. The molecule has 0 heterocycles. The van der Waals surface area contributed by atoms with E-state index in [1.165, 1.54) is 0 Å². The molecule has 0 rings (SSSR count). The van der Waals surface area contributed by atoms with Crippen LogP contribution in [0.25, 0.3) is 0 Å². The van der Waals surface area contributed by atoms with Crippen molar-refractivity contribution in [2.75, 3.05) is 13.2 Å². The van der Waals surface area contributed by atoms with E-state index in [0.717, 1.165) is 0 Å². The number of nitro groups is 4. The van der Waals surface area contributed by atoms with E-state index in [9.17, 15) is 75.2 Å². The van der Waals surface area contributed by atoms with Gasteiger partial charge in [0.05, 0.1) is 0 Å². The molecule has 0 aliphatic heterocycles. The van der Waals surface area contributed by atoms with Crippen LogP contribution in [0.2, 0.25) is 0 Å². The summed E-state index contributed by atoms with van der Waals surface area (Å²) in [5, 5.41) is 39.2. The van der Waals surface area contributed by atoms with Gasteiger partial charge < -0.3 is 9.11 Å². The van der Waals surface area contributed by atoms with Crippen molar-refractivity contribution >= 4 is 69.7 Å². The summed E-state index contributed by atoms with van der Waals surface area (Å²) in [6.07, 6.45) is 0. The van der Waals surface area contributed by atoms with Crippen molar-refractivity contribution in [1.29, 1.82) is 0 Å². The van der Waals surface area contributed by atoms with Crippen LogP contribution in [0, 0.1) is 40.5 Å². The summed E-state index contributed by atoms with van der Waals surface area (Å²) in [6, 6.07) is 0. The second-order valence-electron chi connectivity index (χ2n) is 3.81. The third-order valence-electron chi connectivity index (χ3n) is 1.89. The molecular formula is C4H4BaF2N4O16S2. The van der Waals surface area contributed by atoms with E-state index >= 15 is 0 Å². The standard InChI is InChI=1S/2C2H3FN2O8S.Ba/c2*3-2(4(6)7,5(8)9)1-13-14(10,11)12;/h2*1H2,(H,10,11,12);/q;;+2/p-2. The van der Waals surface area contributed by atoms with Gasteiger partial charge in [-0.05, 0) is 0 Å². The Morgan fingerprint density at radius 1 is 0.655 bits per heavy atom. The molecule has 0 aromatic rings. The molecule has 29 heavy (non-hydrogen) atoms. The molecule has 0 bridgehead atoms. The van der Waals surface area contributed by atoms with Gasteiger partial charge in [-0.3, -0.25) is 48.8 Å². The van der Waals surface area contributed by atoms with Crippen LogP contribution < -0.4 is 0 Å². The fraction of sp³-hybridized carbons (Fsp3) is 1.00. The van der Waals surface area contributed by atoms with E-state index in [4.69, 9.17) is 0 Å². The van der Waals surface area contributed by atoms with Crippen LogP contribution in [0.15, 0.2) is 0 Å². The van der Waals surface area contributed by atoms with Gasteiger partial charge in [0.25, 0.3) is 0 Å². The maximum atomic E-state index is 12.6. The molecule has 0 aliphatic rings. The van der Waals surface area contributed by atoms with E-state index in [-0.39, 0.29) is 48.9 Å². The van der Waals surface area contributed by atoms with Crippen LogP contribution in [0.1, 0.15) is 0 Å². The van der Waals surface area contributed by atoms with Crippen molar-refractivity contribution in [3.05, 3.63) is 40.5 Å². The third kappa shape index (κ3) is 12.1. The molecule has 0 radical (unpaired) electrons. The van der Waals surface area contributed by atoms with Crippen LogP contribution in [0.4, 0.5) is 8.78 Å². The zero-order chi connectivity index (χ0) is 23.1. The van der Waals surface area contributed by atoms with Gasteiger partial charge in [-0.2, -0.15) is 0 Å². The fourth-order valence-electron chi connectivity index (χ4n) is 0.638. The first-order valence-corrected chi connectivity index (χ1v) is 8.02. The monoisotopic (exact) mass is 604 g/mol. The van der Waals surface area contributed by atoms with E-state index in [0.29, 0.717) is 0 Å². The average Bonchev–Trinajstić information content (AvgIpc) is 2.48. The number of halogens is 2. The minimum absolute atomic E-state index is 0. The Balaban J connectivity index is -0.000000451. The van der Waals surface area contributed by atoms with Gasteiger partial charge in [0.2, 0.25) is 34.0 Å². The SMILES string of the molecule is O=[N+]([O-])C(F)(COS(=O)(=O)[O-])[N+](=O)[O-].O=[N+]([O-])C(F)(COS(=O)(=O)[O-])[N+](=O)[O-].[Ba+2]. The predicted molar refractivity (Wildman–Crippen MR) is 72.7 cm³/mol. The first-order valence-electron chi connectivity index (χ1n) is 5.35. The second-order valence-corrected chi connectivity index (χ2v) is 5.91. The predicted octanol–water partition coefficient (Wildman–Crippen LogP) is -3.10. The average molecular weight is 604 g/mol. The van der Waals surface area contributed by atoms with Crippen LogP contribution in [0.3, 0.4) is 0 Å². The fourth-order valence-corrected chi connectivity index (χ4v) is 1.23. The maximum absolute atomic E-state index is 12.6. The molecule has 25 heteroatoms. The molecule has 0 aliphatic carbocycles. The van der Waals surface area contributed by atoms with Gasteiger partial charge in [0.15, 0.2) is 0 Å². The smallest absolute Gasteiger partial charge is 0.726 e. The van der Waals surface area contributed by atoms with Crippen molar-refractivity contribution < 1.29 is 62.8 Å². The van der Waals surface area contributed by atoms with Gasteiger partial charge in [0, 0.05) is 0 Å². The summed E-state index contributed by atoms with van der Waals surface area (Å²) in [5.41, 5.74) is 0. The number of nitrogens with zero attached hydrogens (tertiary/aromatic N) is 4. The van der Waals surface area contributed by atoms with Gasteiger partial charge in [-0.1, -0.05) is 8.78 Å². The Kier molecular flexibility index (Phi) is 13.2. The minimum Gasteiger partial charge on any atom is -0.726 e. The molecule has 0 spiro atoms. The van der Waals surface area contributed by atoms with Crippen LogP contribution in [0.5, 0.6) is 0 Å². The quantitative estimate of drug-likeness (QED) is 0.0454. The Bertz CT molecular complexity index is 745. The molecule has 0 amide bonds. The van der Waals surface area contributed by atoms with Crippen molar-refractivity contribution in [1.82, 2.24) is 0 Å². The second kappa shape index (κ2) is 11.8. The van der Waals surface area contributed by atoms with Gasteiger partial charge in [-0.15, -0.1) is 0 Å². The summed E-state index contributed by atoms with van der Waals surface area (Å²) >= 11 is 0. The first kappa shape index (κ1) is 32.4. The first-order chi connectivity index (χ1) is 12.2. The molecule has 0 N–H and O–H groups in total. The van der Waals surface area contributed by atoms with Crippen LogP contribution in [-0.4, -0.2) is 120 Å². The number of hydrogen-bond donors (Lipinski definition) is 0. The maximum Gasteiger partial charge on any atom is 2.00 e. The van der Waals surface area contributed by atoms with Crippen LogP contribution in [-0.2, 0) is 29.2 Å². The molecule has 0 atom stereocenters. The van der Waals surface area contributed by atoms with E-state index in [1.807, 2.05) is 0 Å². The Morgan fingerprint density at radius 2 is 0.828 bits per heavy atom. The zero-order valence-corrected chi connectivity index (χ0v) is 19.1. The largest absolute Gasteiger partial charge is 2.00 e. The van der Waals surface area contributed by atoms with Gasteiger partial charge in [0.1, 0.15) is 19.7 Å². The third-order valence-corrected chi connectivity index (χ3v) is 2.71. The molecular weight excluding hydrogens is 600 g/mol. The zero-order valence-electron chi connectivity index (χ0n) is 13.0. The van der Waals surface area contributed by atoms with E-state index in [1.54, 1.807) is 0 Å². The molecule has 0 unspecified atom stereocenters. The van der Waals surface area contributed by atoms with Crippen LogP contribution >= 0.6 is 0 Å². The topological polar surface area (TPSA) is 305 Å². The van der Waals surface area contributed by atoms with Crippen molar-refractivity contribution in [3.8, 4) is 0 Å². The molecule has 0 aromatic heterocycles. The Labute approximate surface area is 196 Å². The minimum atomic E-state index is -5.42. The van der Waals surface area contributed by atoms with E-state index < -0.39 is 65.5 Å². The van der Waals surface area contributed by atoms with Crippen molar-refractivity contribution in [3.63, 3.8) is 0 Å². The molecule has 0 aromatic carbocycles. The number of alkyl halides is 2. The van der Waals surface area contributed by atoms with Crippen molar-refractivity contribution in [2.45, 2.75) is 11.8 Å². The number of hydrogen-bond acceptors (Lipinski definition) is 16. The van der Waals surface area contributed by atoms with Crippen molar-refractivity contribution in [2.24, 2.45) is 0 Å². The van der Waals surface area contributed by atoms with E-state index in [2.05, 4.69) is 8.37 Å². The molecule has 0 saturated carbocycles. The normalized spacial score (nSPS) is 12.0. The summed E-state index contributed by atoms with van der Waals surface area (Å²) in [4.78, 5) is 31.1. The molecule has 20 nitrogen and oxygen atoms in total. The summed E-state index contributed by atoms with van der Waals surface area (Å²) < 4.78 is 89.8. The van der Waals surface area contributed by atoms with Gasteiger partial charge in [-0.25, -0.2) is 16.8 Å².